The molecule has 0 aromatic carbocycles. The molecule has 0 unspecified atom stereocenters. The van der Waals surface area contributed by atoms with Crippen LogP contribution in [0.15, 0.2) is 0 Å². The zero-order valence-electron chi connectivity index (χ0n) is 8.29. The number of hydrogen-bond donors (Lipinski definition) is 0. The predicted octanol–water partition coefficient (Wildman–Crippen LogP) is 4.92. The van der Waals surface area contributed by atoms with Crippen LogP contribution in [0.25, 0.3) is 0 Å². The monoisotopic (exact) mass is 354 g/mol. The third kappa shape index (κ3) is 2.37. The van der Waals surface area contributed by atoms with Crippen molar-refractivity contribution in [3.63, 3.8) is 0 Å². The van der Waals surface area contributed by atoms with E-state index in [0.717, 1.165) is 0 Å². The van der Waals surface area contributed by atoms with E-state index >= 15 is 0 Å². The van der Waals surface area contributed by atoms with Crippen LogP contribution in [-0.4, -0.2) is 35.2 Å². The van der Waals surface area contributed by atoms with E-state index in [9.17, 15) is 57.1 Å². The van der Waals surface area contributed by atoms with Gasteiger partial charge in [0.15, 0.2) is 0 Å². The SMILES string of the molecule is FC(F)(F)C(F)(F)Cl.FC1(F)C(F)(F)C(F)(F)C1(F)F. The highest BCUT2D eigenvalue weighted by atomic mass is 35.5. The fourth-order valence-corrected chi connectivity index (χ4v) is 0.726. The molecule has 0 atom stereocenters. The predicted molar refractivity (Wildman–Crippen MR) is 36.6 cm³/mol. The van der Waals surface area contributed by atoms with Crippen molar-refractivity contribution in [2.45, 2.75) is 35.2 Å². The minimum Gasteiger partial charge on any atom is -0.192 e. The third-order valence-corrected chi connectivity index (χ3v) is 2.11. The smallest absolute Gasteiger partial charge is 0.192 e. The number of halogens is 14. The van der Waals surface area contributed by atoms with Gasteiger partial charge in [0, 0.05) is 0 Å². The highest BCUT2D eigenvalue weighted by molar-refractivity contribution is 6.22. The first-order valence-corrected chi connectivity index (χ1v) is 4.27. The lowest BCUT2D eigenvalue weighted by Crippen LogP contribution is -2.82. The van der Waals surface area contributed by atoms with Crippen molar-refractivity contribution in [1.82, 2.24) is 0 Å². The average molecular weight is 354 g/mol. The Labute approximate surface area is 105 Å². The summed E-state index contributed by atoms with van der Waals surface area (Å²) < 4.78 is 147. The second kappa shape index (κ2) is 4.44. The summed E-state index contributed by atoms with van der Waals surface area (Å²) in [5.74, 6) is -23.9. The quantitative estimate of drug-likeness (QED) is 0.428. The van der Waals surface area contributed by atoms with Crippen molar-refractivity contribution in [3.8, 4) is 0 Å². The Hall–Kier alpha value is -0.620. The molecule has 0 amide bonds. The molecule has 0 aliphatic heterocycles. The zero-order chi connectivity index (χ0) is 17.0. The molecule has 0 heterocycles. The highest BCUT2D eigenvalue weighted by Gasteiger charge is 3.01. The van der Waals surface area contributed by atoms with Crippen LogP contribution in [0, 0.1) is 0 Å². The minimum atomic E-state index is -5.97. The molecule has 0 nitrogen and oxygen atoms in total. The van der Waals surface area contributed by atoms with Crippen LogP contribution < -0.4 is 0 Å². The largest absolute Gasteiger partial charge is 0.469 e. The maximum Gasteiger partial charge on any atom is 0.469 e. The third-order valence-electron chi connectivity index (χ3n) is 1.90. The molecule has 14 heteroatoms. The lowest BCUT2D eigenvalue weighted by molar-refractivity contribution is -0.506. The summed E-state index contributed by atoms with van der Waals surface area (Å²) in [6, 6.07) is 0. The van der Waals surface area contributed by atoms with E-state index in [0.29, 0.717) is 0 Å². The molecule has 0 saturated heterocycles. The van der Waals surface area contributed by atoms with Crippen LogP contribution in [0.4, 0.5) is 57.1 Å². The first-order chi connectivity index (χ1) is 8.25. The molecule has 122 valence electrons. The highest BCUT2D eigenvalue weighted by Crippen LogP contribution is 2.69. The van der Waals surface area contributed by atoms with Crippen molar-refractivity contribution in [3.05, 3.63) is 0 Å². The molecule has 1 aliphatic carbocycles. The minimum absolute atomic E-state index is 3.55. The van der Waals surface area contributed by atoms with Gasteiger partial charge in [0.2, 0.25) is 0 Å². The van der Waals surface area contributed by atoms with Gasteiger partial charge >= 0.3 is 35.2 Å². The van der Waals surface area contributed by atoms with Crippen molar-refractivity contribution >= 4 is 11.6 Å². The molecule has 0 N–H and O–H groups in total. The van der Waals surface area contributed by atoms with Crippen molar-refractivity contribution < 1.29 is 57.1 Å². The maximum absolute atomic E-state index is 11.6. The Balaban J connectivity index is 0.000000396. The van der Waals surface area contributed by atoms with E-state index in [1.54, 1.807) is 0 Å². The van der Waals surface area contributed by atoms with Gasteiger partial charge in [-0.3, -0.25) is 0 Å². The first kappa shape index (κ1) is 19.4. The molecule has 0 radical (unpaired) electrons. The maximum atomic E-state index is 11.6. The standard InChI is InChI=1S/C4F8.C2ClF5/c5-1(6)2(7,8)4(11,12)3(1,9)10;3-1(4,5)2(6,7)8. The van der Waals surface area contributed by atoms with Gasteiger partial charge in [-0.1, -0.05) is 0 Å². The molecular formula is C6ClF13. The zero-order valence-corrected chi connectivity index (χ0v) is 9.05. The number of rotatable bonds is 0. The molecule has 0 aromatic rings. The van der Waals surface area contributed by atoms with Crippen LogP contribution in [0.2, 0.25) is 0 Å². The Bertz CT molecular complexity index is 284. The van der Waals surface area contributed by atoms with Crippen LogP contribution in [0.5, 0.6) is 0 Å². The Morgan fingerprint density at radius 1 is 0.500 bits per heavy atom. The fraction of sp³-hybridized carbons (Fsp3) is 1.00. The second-order valence-corrected chi connectivity index (χ2v) is 3.77. The van der Waals surface area contributed by atoms with Crippen LogP contribution in [0.3, 0.4) is 0 Å². The summed E-state index contributed by atoms with van der Waals surface area (Å²) in [7, 11) is 0. The van der Waals surface area contributed by atoms with Gasteiger partial charge in [-0.2, -0.15) is 57.1 Å². The summed E-state index contributed by atoms with van der Waals surface area (Å²) >= 11 is 3.55. The Morgan fingerprint density at radius 3 is 0.650 bits per heavy atom. The van der Waals surface area contributed by atoms with E-state index in [1.807, 2.05) is 0 Å². The van der Waals surface area contributed by atoms with Crippen molar-refractivity contribution in [1.29, 1.82) is 0 Å². The molecule has 0 aromatic heterocycles. The summed E-state index contributed by atoms with van der Waals surface area (Å²) in [5, 5.41) is -5.09. The Morgan fingerprint density at radius 2 is 0.600 bits per heavy atom. The molecule has 0 spiro atoms. The van der Waals surface area contributed by atoms with E-state index in [-0.39, 0.29) is 0 Å². The molecular weight excluding hydrogens is 354 g/mol. The molecule has 1 saturated carbocycles. The topological polar surface area (TPSA) is 0 Å². The van der Waals surface area contributed by atoms with E-state index < -0.39 is 35.2 Å². The molecule has 1 aliphatic rings. The van der Waals surface area contributed by atoms with Crippen LogP contribution in [0.1, 0.15) is 0 Å². The van der Waals surface area contributed by atoms with Gasteiger partial charge in [-0.05, 0) is 11.6 Å². The lowest BCUT2D eigenvalue weighted by Gasteiger charge is -2.49. The first-order valence-electron chi connectivity index (χ1n) is 3.90. The van der Waals surface area contributed by atoms with E-state index in [4.69, 9.17) is 0 Å². The second-order valence-electron chi connectivity index (χ2n) is 3.29. The van der Waals surface area contributed by atoms with Crippen molar-refractivity contribution in [2.75, 3.05) is 0 Å². The van der Waals surface area contributed by atoms with Crippen LogP contribution in [-0.2, 0) is 0 Å². The van der Waals surface area contributed by atoms with E-state index in [1.165, 1.54) is 0 Å². The summed E-state index contributed by atoms with van der Waals surface area (Å²) in [5.41, 5.74) is 0. The summed E-state index contributed by atoms with van der Waals surface area (Å²) in [6.45, 7) is 0. The Kier molecular flexibility index (Phi) is 4.30. The normalized spacial score (nSPS) is 26.1. The summed E-state index contributed by atoms with van der Waals surface area (Å²) in [4.78, 5) is 0. The van der Waals surface area contributed by atoms with Gasteiger partial charge < -0.3 is 0 Å². The fourth-order valence-electron chi connectivity index (χ4n) is 0.726. The van der Waals surface area contributed by atoms with Gasteiger partial charge in [-0.15, -0.1) is 0 Å². The number of alkyl halides is 14. The molecule has 0 bridgehead atoms. The van der Waals surface area contributed by atoms with Gasteiger partial charge in [0.1, 0.15) is 0 Å². The molecule has 1 fully saturated rings. The number of hydrogen-bond acceptors (Lipinski definition) is 0. The van der Waals surface area contributed by atoms with Gasteiger partial charge in [0.05, 0.1) is 0 Å². The molecule has 20 heavy (non-hydrogen) atoms. The van der Waals surface area contributed by atoms with Crippen LogP contribution >= 0.6 is 11.6 Å². The van der Waals surface area contributed by atoms with Gasteiger partial charge in [0.25, 0.3) is 0 Å². The van der Waals surface area contributed by atoms with Crippen molar-refractivity contribution in [2.24, 2.45) is 0 Å². The van der Waals surface area contributed by atoms with Gasteiger partial charge in [-0.25, -0.2) is 0 Å². The summed E-state index contributed by atoms with van der Waals surface area (Å²) in [6.07, 6.45) is -5.63. The lowest BCUT2D eigenvalue weighted by atomic mass is 9.80. The molecule has 1 rings (SSSR count). The average Bonchev–Trinajstić information content (AvgIpc) is 2.13. The van der Waals surface area contributed by atoms with E-state index in [2.05, 4.69) is 11.6 Å².